The van der Waals surface area contributed by atoms with Crippen LogP contribution in [0.2, 0.25) is 0 Å². The van der Waals surface area contributed by atoms with Gasteiger partial charge in [0.15, 0.2) is 0 Å². The SMILES string of the molecule is Cc1ccccc1-c1cc(-c2ccccn2)ccn1. The minimum Gasteiger partial charge on any atom is -0.256 e. The van der Waals surface area contributed by atoms with Crippen LogP contribution in [0.3, 0.4) is 0 Å². The predicted molar refractivity (Wildman–Crippen MR) is 77.6 cm³/mol. The maximum Gasteiger partial charge on any atom is 0.0711 e. The molecule has 2 heteroatoms. The molecule has 2 aromatic heterocycles. The normalized spacial score (nSPS) is 10.4. The van der Waals surface area contributed by atoms with E-state index in [9.17, 15) is 0 Å². The van der Waals surface area contributed by atoms with Gasteiger partial charge in [-0.15, -0.1) is 0 Å². The van der Waals surface area contributed by atoms with Gasteiger partial charge in [0, 0.05) is 23.5 Å². The molecule has 2 heterocycles. The van der Waals surface area contributed by atoms with Crippen LogP contribution in [0.15, 0.2) is 67.0 Å². The lowest BCUT2D eigenvalue weighted by Crippen LogP contribution is -1.89. The van der Waals surface area contributed by atoms with Crippen molar-refractivity contribution >= 4 is 0 Å². The van der Waals surface area contributed by atoms with Gasteiger partial charge in [-0.2, -0.15) is 0 Å². The van der Waals surface area contributed by atoms with Crippen LogP contribution in [-0.2, 0) is 0 Å². The summed E-state index contributed by atoms with van der Waals surface area (Å²) < 4.78 is 0. The summed E-state index contributed by atoms with van der Waals surface area (Å²) in [6.45, 7) is 2.10. The Morgan fingerprint density at radius 1 is 0.737 bits per heavy atom. The molecule has 0 aliphatic carbocycles. The number of pyridine rings is 2. The Hall–Kier alpha value is -2.48. The Labute approximate surface area is 112 Å². The third kappa shape index (κ3) is 2.38. The van der Waals surface area contributed by atoms with Gasteiger partial charge in [0.1, 0.15) is 0 Å². The maximum absolute atomic E-state index is 4.47. The molecule has 0 aliphatic heterocycles. The molecule has 0 N–H and O–H groups in total. The van der Waals surface area contributed by atoms with Gasteiger partial charge in [-0.25, -0.2) is 0 Å². The number of aromatic nitrogens is 2. The van der Waals surface area contributed by atoms with Crippen LogP contribution in [-0.4, -0.2) is 9.97 Å². The van der Waals surface area contributed by atoms with Crippen molar-refractivity contribution in [1.29, 1.82) is 0 Å². The maximum atomic E-state index is 4.47. The average molecular weight is 246 g/mol. The number of rotatable bonds is 2. The molecule has 0 bridgehead atoms. The molecule has 0 radical (unpaired) electrons. The molecule has 0 saturated heterocycles. The largest absolute Gasteiger partial charge is 0.256 e. The molecule has 0 saturated carbocycles. The Balaban J connectivity index is 2.09. The number of hydrogen-bond donors (Lipinski definition) is 0. The lowest BCUT2D eigenvalue weighted by atomic mass is 10.0. The van der Waals surface area contributed by atoms with E-state index in [1.165, 1.54) is 11.1 Å². The summed E-state index contributed by atoms with van der Waals surface area (Å²) in [6, 6.07) is 18.3. The highest BCUT2D eigenvalue weighted by atomic mass is 14.7. The molecule has 1 aromatic carbocycles. The van der Waals surface area contributed by atoms with Crippen LogP contribution in [0.25, 0.3) is 22.5 Å². The van der Waals surface area contributed by atoms with Crippen LogP contribution in [0.5, 0.6) is 0 Å². The molecular weight excluding hydrogens is 232 g/mol. The van der Waals surface area contributed by atoms with Crippen molar-refractivity contribution in [3.8, 4) is 22.5 Å². The van der Waals surface area contributed by atoms with Crippen molar-refractivity contribution in [2.24, 2.45) is 0 Å². The molecule has 2 nitrogen and oxygen atoms in total. The first kappa shape index (κ1) is 11.6. The molecular formula is C17H14N2. The molecule has 0 fully saturated rings. The van der Waals surface area contributed by atoms with E-state index in [0.29, 0.717) is 0 Å². The van der Waals surface area contributed by atoms with E-state index in [0.717, 1.165) is 17.0 Å². The molecule has 0 aliphatic rings. The van der Waals surface area contributed by atoms with E-state index in [4.69, 9.17) is 0 Å². The van der Waals surface area contributed by atoms with Crippen molar-refractivity contribution < 1.29 is 0 Å². The Kier molecular flexibility index (Phi) is 3.07. The first-order chi connectivity index (χ1) is 9.34. The van der Waals surface area contributed by atoms with E-state index < -0.39 is 0 Å². The first-order valence-corrected chi connectivity index (χ1v) is 6.28. The molecule has 3 rings (SSSR count). The minimum absolute atomic E-state index is 0.972. The van der Waals surface area contributed by atoms with E-state index in [2.05, 4.69) is 35.1 Å². The summed E-state index contributed by atoms with van der Waals surface area (Å²) in [5, 5.41) is 0. The van der Waals surface area contributed by atoms with E-state index in [1.54, 1.807) is 0 Å². The predicted octanol–water partition coefficient (Wildman–Crippen LogP) is 4.12. The zero-order valence-corrected chi connectivity index (χ0v) is 10.7. The van der Waals surface area contributed by atoms with Crippen LogP contribution in [0.1, 0.15) is 5.56 Å². The van der Waals surface area contributed by atoms with E-state index in [-0.39, 0.29) is 0 Å². The molecule has 0 amide bonds. The van der Waals surface area contributed by atoms with Gasteiger partial charge >= 0.3 is 0 Å². The summed E-state index contributed by atoms with van der Waals surface area (Å²) in [4.78, 5) is 8.85. The minimum atomic E-state index is 0.972. The zero-order valence-electron chi connectivity index (χ0n) is 10.7. The number of nitrogens with zero attached hydrogens (tertiary/aromatic N) is 2. The third-order valence-corrected chi connectivity index (χ3v) is 3.14. The monoisotopic (exact) mass is 246 g/mol. The Bertz CT molecular complexity index is 690. The summed E-state index contributed by atoms with van der Waals surface area (Å²) in [5.41, 5.74) is 5.45. The summed E-state index contributed by atoms with van der Waals surface area (Å²) in [6.07, 6.45) is 3.65. The molecule has 0 unspecified atom stereocenters. The second-order valence-corrected chi connectivity index (χ2v) is 4.46. The Morgan fingerprint density at radius 2 is 1.53 bits per heavy atom. The lowest BCUT2D eigenvalue weighted by Gasteiger charge is -2.06. The standard InChI is InChI=1S/C17H14N2/c1-13-6-2-3-7-15(13)17-12-14(9-11-19-17)16-8-4-5-10-18-16/h2-12H,1H3. The molecule has 3 aromatic rings. The van der Waals surface area contributed by atoms with Crippen molar-refractivity contribution in [3.63, 3.8) is 0 Å². The summed E-state index contributed by atoms with van der Waals surface area (Å²) in [5.74, 6) is 0. The molecule has 0 atom stereocenters. The fourth-order valence-corrected chi connectivity index (χ4v) is 2.13. The molecule has 19 heavy (non-hydrogen) atoms. The van der Waals surface area contributed by atoms with Gasteiger partial charge in [-0.1, -0.05) is 30.3 Å². The van der Waals surface area contributed by atoms with Crippen LogP contribution >= 0.6 is 0 Å². The second kappa shape index (κ2) is 5.02. The van der Waals surface area contributed by atoms with E-state index >= 15 is 0 Å². The fraction of sp³-hybridized carbons (Fsp3) is 0.0588. The molecule has 0 spiro atoms. The van der Waals surface area contributed by atoms with Crippen molar-refractivity contribution in [1.82, 2.24) is 9.97 Å². The van der Waals surface area contributed by atoms with Gasteiger partial charge < -0.3 is 0 Å². The topological polar surface area (TPSA) is 25.8 Å². The van der Waals surface area contributed by atoms with Crippen LogP contribution in [0, 0.1) is 6.92 Å². The van der Waals surface area contributed by atoms with Crippen LogP contribution < -0.4 is 0 Å². The third-order valence-electron chi connectivity index (χ3n) is 3.14. The first-order valence-electron chi connectivity index (χ1n) is 6.28. The van der Waals surface area contributed by atoms with Gasteiger partial charge in [-0.05, 0) is 36.8 Å². The smallest absolute Gasteiger partial charge is 0.0711 e. The summed E-state index contributed by atoms with van der Waals surface area (Å²) >= 11 is 0. The Morgan fingerprint density at radius 3 is 2.32 bits per heavy atom. The number of aryl methyl sites for hydroxylation is 1. The molecule has 92 valence electrons. The number of benzene rings is 1. The van der Waals surface area contributed by atoms with Gasteiger partial charge in [0.25, 0.3) is 0 Å². The highest BCUT2D eigenvalue weighted by molar-refractivity contribution is 5.70. The fourth-order valence-electron chi connectivity index (χ4n) is 2.13. The zero-order chi connectivity index (χ0) is 13.1. The van der Waals surface area contributed by atoms with Crippen LogP contribution in [0.4, 0.5) is 0 Å². The summed E-state index contributed by atoms with van der Waals surface area (Å²) in [7, 11) is 0. The number of hydrogen-bond acceptors (Lipinski definition) is 2. The van der Waals surface area contributed by atoms with Crippen molar-refractivity contribution in [3.05, 3.63) is 72.6 Å². The van der Waals surface area contributed by atoms with Gasteiger partial charge in [-0.3, -0.25) is 9.97 Å². The average Bonchev–Trinajstić information content (AvgIpc) is 2.49. The second-order valence-electron chi connectivity index (χ2n) is 4.46. The highest BCUT2D eigenvalue weighted by Crippen LogP contribution is 2.25. The highest BCUT2D eigenvalue weighted by Gasteiger charge is 2.05. The van der Waals surface area contributed by atoms with Crippen molar-refractivity contribution in [2.45, 2.75) is 6.92 Å². The van der Waals surface area contributed by atoms with Gasteiger partial charge in [0.2, 0.25) is 0 Å². The lowest BCUT2D eigenvalue weighted by molar-refractivity contribution is 1.28. The quantitative estimate of drug-likeness (QED) is 0.679. The van der Waals surface area contributed by atoms with E-state index in [1.807, 2.05) is 48.8 Å². The van der Waals surface area contributed by atoms with Gasteiger partial charge in [0.05, 0.1) is 11.4 Å². The van der Waals surface area contributed by atoms with Crippen molar-refractivity contribution in [2.75, 3.05) is 0 Å².